The quantitative estimate of drug-likeness (QED) is 0.153. The number of aromatic nitrogens is 4. The third kappa shape index (κ3) is 5.37. The maximum atomic E-state index is 14.3. The normalized spacial score (nSPS) is 12.4. The monoisotopic (exact) mass is 644 g/mol. The van der Waals surface area contributed by atoms with Crippen LogP contribution in [0.15, 0.2) is 109 Å². The van der Waals surface area contributed by atoms with Crippen molar-refractivity contribution in [3.05, 3.63) is 127 Å². The first-order valence-electron chi connectivity index (χ1n) is 15.4. The summed E-state index contributed by atoms with van der Waals surface area (Å²) < 4.78 is 32.3. The Morgan fingerprint density at radius 2 is 1.08 bits per heavy atom. The Balaban J connectivity index is 0.000000152. The summed E-state index contributed by atoms with van der Waals surface area (Å²) in [4.78, 5) is 9.13. The molecule has 0 fully saturated rings. The van der Waals surface area contributed by atoms with Crippen molar-refractivity contribution in [3.63, 3.8) is 0 Å². The molecule has 0 spiro atoms. The van der Waals surface area contributed by atoms with Crippen molar-refractivity contribution in [3.8, 4) is 68.3 Å². The lowest BCUT2D eigenvalue weighted by molar-refractivity contribution is 0.468. The Hall–Kier alpha value is -6.16. The van der Waals surface area contributed by atoms with Crippen molar-refractivity contribution < 1.29 is 29.2 Å². The molecule has 0 saturated heterocycles. The smallest absolute Gasteiger partial charge is 0.152 e. The number of phenolic OH excluding ortho intramolecular Hbond substituents is 4. The number of nitrogens with zero attached hydrogens (tertiary/aromatic N) is 4. The molecule has 0 bridgehead atoms. The van der Waals surface area contributed by atoms with Gasteiger partial charge in [0, 0.05) is 29.6 Å². The fraction of sp³-hybridized carbons (Fsp3) is 0.105. The SMILES string of the molecule is Oc1ccccc1-c1nc(-c2c(O)cccc2F)n2c1CCCC2.Oc1ccccc1-c1nc(-c2c(O)cccc2F)n2ccccc12. The maximum Gasteiger partial charge on any atom is 0.152 e. The van der Waals surface area contributed by atoms with Crippen LogP contribution in [0, 0.1) is 11.6 Å². The first kappa shape index (κ1) is 30.5. The van der Waals surface area contributed by atoms with E-state index in [1.165, 1.54) is 36.4 Å². The van der Waals surface area contributed by atoms with Gasteiger partial charge >= 0.3 is 0 Å². The summed E-state index contributed by atoms with van der Waals surface area (Å²) >= 11 is 0. The van der Waals surface area contributed by atoms with Gasteiger partial charge in [-0.25, -0.2) is 18.7 Å². The number of pyridine rings is 1. The molecule has 240 valence electrons. The predicted molar refractivity (Wildman–Crippen MR) is 179 cm³/mol. The van der Waals surface area contributed by atoms with Crippen LogP contribution < -0.4 is 0 Å². The van der Waals surface area contributed by atoms with Crippen LogP contribution in [0.25, 0.3) is 50.8 Å². The molecule has 0 atom stereocenters. The minimum atomic E-state index is -0.561. The first-order valence-corrected chi connectivity index (χ1v) is 15.4. The van der Waals surface area contributed by atoms with Crippen molar-refractivity contribution in [2.75, 3.05) is 0 Å². The average Bonchev–Trinajstić information content (AvgIpc) is 3.65. The maximum absolute atomic E-state index is 14.3. The lowest BCUT2D eigenvalue weighted by Crippen LogP contribution is -2.11. The van der Waals surface area contributed by atoms with Gasteiger partial charge in [-0.05, 0) is 79.9 Å². The largest absolute Gasteiger partial charge is 0.507 e. The van der Waals surface area contributed by atoms with Crippen LogP contribution in [-0.4, -0.2) is 39.4 Å². The summed E-state index contributed by atoms with van der Waals surface area (Å²) in [5, 5.41) is 40.6. The fourth-order valence-electron chi connectivity index (χ4n) is 6.18. The Morgan fingerprint density at radius 1 is 0.542 bits per heavy atom. The van der Waals surface area contributed by atoms with E-state index >= 15 is 0 Å². The molecular weight excluding hydrogens is 614 g/mol. The number of hydrogen-bond donors (Lipinski definition) is 4. The topological polar surface area (TPSA) is 116 Å². The Labute approximate surface area is 274 Å². The molecule has 48 heavy (non-hydrogen) atoms. The van der Waals surface area contributed by atoms with Gasteiger partial charge in [-0.15, -0.1) is 0 Å². The number of halogens is 2. The van der Waals surface area contributed by atoms with Crippen LogP contribution in [0.1, 0.15) is 18.5 Å². The minimum Gasteiger partial charge on any atom is -0.507 e. The highest BCUT2D eigenvalue weighted by Gasteiger charge is 2.26. The number of hydrogen-bond acceptors (Lipinski definition) is 6. The van der Waals surface area contributed by atoms with Gasteiger partial charge in [0.2, 0.25) is 0 Å². The summed E-state index contributed by atoms with van der Waals surface area (Å²) in [7, 11) is 0. The van der Waals surface area contributed by atoms with Gasteiger partial charge in [-0.3, -0.25) is 4.40 Å². The number of imidazole rings is 2. The number of phenols is 4. The number of fused-ring (bicyclic) bond motifs is 2. The average molecular weight is 645 g/mol. The highest BCUT2D eigenvalue weighted by Crippen LogP contribution is 2.40. The molecule has 8 rings (SSSR count). The summed E-state index contributed by atoms with van der Waals surface area (Å²) in [5.41, 5.74) is 4.17. The predicted octanol–water partition coefficient (Wildman–Crippen LogP) is 8.32. The van der Waals surface area contributed by atoms with Gasteiger partial charge in [0.1, 0.15) is 46.2 Å². The van der Waals surface area contributed by atoms with Crippen molar-refractivity contribution in [1.29, 1.82) is 0 Å². The second kappa shape index (κ2) is 12.6. The van der Waals surface area contributed by atoms with Crippen molar-refractivity contribution in [1.82, 2.24) is 18.9 Å². The lowest BCUT2D eigenvalue weighted by Gasteiger charge is -2.18. The molecule has 0 aliphatic carbocycles. The van der Waals surface area contributed by atoms with Crippen LogP contribution in [0.5, 0.6) is 23.0 Å². The zero-order valence-corrected chi connectivity index (χ0v) is 25.6. The second-order valence-electron chi connectivity index (χ2n) is 11.4. The molecule has 7 aromatic rings. The van der Waals surface area contributed by atoms with Crippen LogP contribution in [0.2, 0.25) is 0 Å². The molecule has 0 saturated carbocycles. The molecule has 0 radical (unpaired) electrons. The first-order chi connectivity index (χ1) is 23.3. The van der Waals surface area contributed by atoms with E-state index in [1.54, 1.807) is 59.1 Å². The Bertz CT molecular complexity index is 2250. The van der Waals surface area contributed by atoms with E-state index < -0.39 is 11.6 Å². The molecule has 8 nitrogen and oxygen atoms in total. The highest BCUT2D eigenvalue weighted by molar-refractivity contribution is 5.85. The van der Waals surface area contributed by atoms with Crippen LogP contribution in [-0.2, 0) is 13.0 Å². The highest BCUT2D eigenvalue weighted by atomic mass is 19.1. The standard InChI is InChI=1S/C19H17FN2O2.C19H13FN2O2/c2*20-13-7-5-10-16(24)17(13)19-21-18(12-6-1-2-9-15(12)23)14-8-3-4-11-22(14)19/h1-2,5-7,9-10,23-24H,3-4,8,11H2;1-11,23-24H. The molecule has 4 aromatic carbocycles. The molecule has 4 N–H and O–H groups in total. The molecule has 1 aliphatic rings. The Morgan fingerprint density at radius 3 is 1.71 bits per heavy atom. The van der Waals surface area contributed by atoms with Gasteiger partial charge < -0.3 is 25.0 Å². The van der Waals surface area contributed by atoms with Gasteiger partial charge in [-0.1, -0.05) is 42.5 Å². The van der Waals surface area contributed by atoms with E-state index in [9.17, 15) is 29.2 Å². The van der Waals surface area contributed by atoms with E-state index in [0.717, 1.165) is 31.5 Å². The van der Waals surface area contributed by atoms with E-state index in [-0.39, 0.29) is 39.9 Å². The third-order valence-electron chi connectivity index (χ3n) is 8.42. The second-order valence-corrected chi connectivity index (χ2v) is 11.4. The minimum absolute atomic E-state index is 0.0281. The summed E-state index contributed by atoms with van der Waals surface area (Å²) in [5.74, 6) is -0.449. The molecular formula is C38H30F2N4O4. The number of para-hydroxylation sites is 2. The van der Waals surface area contributed by atoms with Crippen LogP contribution in [0.3, 0.4) is 0 Å². The number of aromatic hydroxyl groups is 4. The molecule has 0 unspecified atom stereocenters. The summed E-state index contributed by atoms with van der Waals surface area (Å²) in [6.07, 6.45) is 4.56. The van der Waals surface area contributed by atoms with Gasteiger partial charge in [-0.2, -0.15) is 0 Å². The zero-order chi connectivity index (χ0) is 33.4. The molecule has 1 aliphatic heterocycles. The lowest BCUT2D eigenvalue weighted by atomic mass is 10.0. The number of benzene rings is 4. The van der Waals surface area contributed by atoms with Crippen LogP contribution >= 0.6 is 0 Å². The van der Waals surface area contributed by atoms with E-state index in [0.29, 0.717) is 33.9 Å². The molecule has 10 heteroatoms. The van der Waals surface area contributed by atoms with E-state index in [2.05, 4.69) is 9.97 Å². The van der Waals surface area contributed by atoms with Crippen molar-refractivity contribution >= 4 is 5.52 Å². The molecule has 3 aromatic heterocycles. The summed E-state index contributed by atoms with van der Waals surface area (Å²) in [6.45, 7) is 0.721. The number of rotatable bonds is 4. The van der Waals surface area contributed by atoms with E-state index in [4.69, 9.17) is 0 Å². The fourth-order valence-corrected chi connectivity index (χ4v) is 6.18. The van der Waals surface area contributed by atoms with E-state index in [1.807, 2.05) is 22.8 Å². The van der Waals surface area contributed by atoms with Crippen LogP contribution in [0.4, 0.5) is 8.78 Å². The van der Waals surface area contributed by atoms with Crippen molar-refractivity contribution in [2.45, 2.75) is 25.8 Å². The van der Waals surface area contributed by atoms with Gasteiger partial charge in [0.25, 0.3) is 0 Å². The molecule has 4 heterocycles. The summed E-state index contributed by atoms with van der Waals surface area (Å²) in [6, 6.07) is 27.7. The van der Waals surface area contributed by atoms with Gasteiger partial charge in [0.05, 0.1) is 22.3 Å². The molecule has 0 amide bonds. The Kier molecular flexibility index (Phi) is 7.98. The van der Waals surface area contributed by atoms with Gasteiger partial charge in [0.15, 0.2) is 5.82 Å². The van der Waals surface area contributed by atoms with Crippen molar-refractivity contribution in [2.24, 2.45) is 0 Å². The zero-order valence-electron chi connectivity index (χ0n) is 25.6. The third-order valence-corrected chi connectivity index (χ3v) is 8.42.